The standard InChI is InChI=1S/C13H19N3O2/c1-3-12-11(7-9(2)14-15-12)13(18)16-6-4-5-10(16)8-17/h7,10,17H,3-6,8H2,1-2H3. The average Bonchev–Trinajstić information content (AvgIpc) is 2.86. The summed E-state index contributed by atoms with van der Waals surface area (Å²) in [6, 6.07) is 1.75. The Balaban J connectivity index is 2.30. The molecular formula is C13H19N3O2. The monoisotopic (exact) mass is 249 g/mol. The van der Waals surface area contributed by atoms with Gasteiger partial charge < -0.3 is 10.0 Å². The van der Waals surface area contributed by atoms with Gasteiger partial charge in [-0.2, -0.15) is 10.2 Å². The van der Waals surface area contributed by atoms with Gasteiger partial charge in [0, 0.05) is 6.54 Å². The Bertz CT molecular complexity index is 448. The van der Waals surface area contributed by atoms with Crippen LogP contribution in [-0.2, 0) is 6.42 Å². The van der Waals surface area contributed by atoms with Gasteiger partial charge in [-0.05, 0) is 32.3 Å². The number of hydrogen-bond donors (Lipinski definition) is 1. The van der Waals surface area contributed by atoms with Crippen LogP contribution in [0, 0.1) is 6.92 Å². The lowest BCUT2D eigenvalue weighted by Crippen LogP contribution is -2.38. The molecule has 1 fully saturated rings. The molecule has 5 heteroatoms. The van der Waals surface area contributed by atoms with Crippen molar-refractivity contribution in [3.63, 3.8) is 0 Å². The van der Waals surface area contributed by atoms with Gasteiger partial charge in [0.25, 0.3) is 5.91 Å². The zero-order chi connectivity index (χ0) is 13.1. The predicted molar refractivity (Wildman–Crippen MR) is 67.3 cm³/mol. The maximum absolute atomic E-state index is 12.5. The molecule has 1 unspecified atom stereocenters. The molecule has 1 aromatic rings. The molecule has 1 amide bonds. The van der Waals surface area contributed by atoms with E-state index in [0.717, 1.165) is 24.2 Å². The number of nitrogens with zero attached hydrogens (tertiary/aromatic N) is 3. The van der Waals surface area contributed by atoms with E-state index in [9.17, 15) is 9.90 Å². The number of hydrogen-bond acceptors (Lipinski definition) is 4. The first-order chi connectivity index (χ1) is 8.67. The molecule has 98 valence electrons. The highest BCUT2D eigenvalue weighted by atomic mass is 16.3. The topological polar surface area (TPSA) is 66.3 Å². The number of rotatable bonds is 3. The van der Waals surface area contributed by atoms with Crippen LogP contribution in [0.15, 0.2) is 6.07 Å². The summed E-state index contributed by atoms with van der Waals surface area (Å²) in [5, 5.41) is 17.4. The van der Waals surface area contributed by atoms with Gasteiger partial charge in [-0.15, -0.1) is 0 Å². The Morgan fingerprint density at radius 3 is 3.00 bits per heavy atom. The van der Waals surface area contributed by atoms with Gasteiger partial charge >= 0.3 is 0 Å². The summed E-state index contributed by atoms with van der Waals surface area (Å²) in [6.45, 7) is 4.54. The first-order valence-corrected chi connectivity index (χ1v) is 6.42. The highest BCUT2D eigenvalue weighted by molar-refractivity contribution is 5.95. The van der Waals surface area contributed by atoms with E-state index in [2.05, 4.69) is 10.2 Å². The Morgan fingerprint density at radius 1 is 1.56 bits per heavy atom. The maximum Gasteiger partial charge on any atom is 0.256 e. The number of aromatic nitrogens is 2. The molecule has 0 radical (unpaired) electrons. The molecule has 0 bridgehead atoms. The second kappa shape index (κ2) is 5.44. The van der Waals surface area contributed by atoms with Crippen LogP contribution in [0.4, 0.5) is 0 Å². The van der Waals surface area contributed by atoms with E-state index in [1.54, 1.807) is 11.0 Å². The smallest absolute Gasteiger partial charge is 0.256 e. The van der Waals surface area contributed by atoms with E-state index < -0.39 is 0 Å². The van der Waals surface area contributed by atoms with Crippen LogP contribution in [0.2, 0.25) is 0 Å². The summed E-state index contributed by atoms with van der Waals surface area (Å²) >= 11 is 0. The molecule has 18 heavy (non-hydrogen) atoms. The summed E-state index contributed by atoms with van der Waals surface area (Å²) in [6.07, 6.45) is 2.52. The number of aliphatic hydroxyl groups is 1. The molecule has 1 aliphatic heterocycles. The first-order valence-electron chi connectivity index (χ1n) is 6.42. The minimum absolute atomic E-state index is 0.0265. The fourth-order valence-electron chi connectivity index (χ4n) is 2.41. The molecule has 1 atom stereocenters. The molecule has 1 aliphatic rings. The summed E-state index contributed by atoms with van der Waals surface area (Å²) in [5.74, 6) is -0.0265. The molecule has 2 rings (SSSR count). The largest absolute Gasteiger partial charge is 0.394 e. The lowest BCUT2D eigenvalue weighted by Gasteiger charge is -2.23. The second-order valence-corrected chi connectivity index (χ2v) is 4.68. The van der Waals surface area contributed by atoms with Crippen molar-refractivity contribution in [3.05, 3.63) is 23.0 Å². The zero-order valence-electron chi connectivity index (χ0n) is 10.9. The van der Waals surface area contributed by atoms with Crippen molar-refractivity contribution in [1.29, 1.82) is 0 Å². The number of carbonyl (C=O) groups is 1. The van der Waals surface area contributed by atoms with Crippen molar-refractivity contribution in [3.8, 4) is 0 Å². The molecular weight excluding hydrogens is 230 g/mol. The maximum atomic E-state index is 12.5. The van der Waals surface area contributed by atoms with E-state index in [1.807, 2.05) is 13.8 Å². The Morgan fingerprint density at radius 2 is 2.33 bits per heavy atom. The Hall–Kier alpha value is -1.49. The number of likely N-dealkylation sites (tertiary alicyclic amines) is 1. The summed E-state index contributed by atoms with van der Waals surface area (Å²) in [7, 11) is 0. The molecule has 0 saturated carbocycles. The quantitative estimate of drug-likeness (QED) is 0.866. The van der Waals surface area contributed by atoms with Crippen LogP contribution in [0.1, 0.15) is 41.5 Å². The molecule has 1 aromatic heterocycles. The average molecular weight is 249 g/mol. The molecule has 5 nitrogen and oxygen atoms in total. The number of aryl methyl sites for hydroxylation is 2. The van der Waals surface area contributed by atoms with Crippen LogP contribution >= 0.6 is 0 Å². The molecule has 0 aromatic carbocycles. The van der Waals surface area contributed by atoms with Crippen molar-refractivity contribution in [2.45, 2.75) is 39.2 Å². The third kappa shape index (κ3) is 2.36. The fourth-order valence-corrected chi connectivity index (χ4v) is 2.41. The number of carbonyl (C=O) groups excluding carboxylic acids is 1. The van der Waals surface area contributed by atoms with E-state index in [0.29, 0.717) is 18.5 Å². The molecule has 1 saturated heterocycles. The van der Waals surface area contributed by atoms with Crippen LogP contribution in [0.3, 0.4) is 0 Å². The van der Waals surface area contributed by atoms with Crippen LogP contribution in [-0.4, -0.2) is 45.3 Å². The normalized spacial score (nSPS) is 19.3. The van der Waals surface area contributed by atoms with Gasteiger partial charge in [-0.3, -0.25) is 4.79 Å². The lowest BCUT2D eigenvalue weighted by molar-refractivity contribution is 0.0675. The Kier molecular flexibility index (Phi) is 3.91. The van der Waals surface area contributed by atoms with E-state index in [-0.39, 0.29) is 18.6 Å². The summed E-state index contributed by atoms with van der Waals surface area (Å²) in [5.41, 5.74) is 2.11. The van der Waals surface area contributed by atoms with Crippen LogP contribution in [0.5, 0.6) is 0 Å². The van der Waals surface area contributed by atoms with E-state index in [1.165, 1.54) is 0 Å². The zero-order valence-corrected chi connectivity index (χ0v) is 10.9. The van der Waals surface area contributed by atoms with Gasteiger partial charge in [0.05, 0.1) is 29.6 Å². The summed E-state index contributed by atoms with van der Waals surface area (Å²) < 4.78 is 0. The minimum Gasteiger partial charge on any atom is -0.394 e. The third-order valence-corrected chi connectivity index (χ3v) is 3.41. The summed E-state index contributed by atoms with van der Waals surface area (Å²) in [4.78, 5) is 14.3. The van der Waals surface area contributed by atoms with Gasteiger partial charge in [-0.25, -0.2) is 0 Å². The molecule has 1 N–H and O–H groups in total. The third-order valence-electron chi connectivity index (χ3n) is 3.41. The van der Waals surface area contributed by atoms with Gasteiger partial charge in [-0.1, -0.05) is 6.92 Å². The van der Waals surface area contributed by atoms with Gasteiger partial charge in [0.15, 0.2) is 0 Å². The van der Waals surface area contributed by atoms with Crippen molar-refractivity contribution in [2.75, 3.05) is 13.2 Å². The van der Waals surface area contributed by atoms with Crippen molar-refractivity contribution in [1.82, 2.24) is 15.1 Å². The highest BCUT2D eigenvalue weighted by Crippen LogP contribution is 2.21. The fraction of sp³-hybridized carbons (Fsp3) is 0.615. The van der Waals surface area contributed by atoms with Crippen molar-refractivity contribution in [2.24, 2.45) is 0 Å². The van der Waals surface area contributed by atoms with Crippen LogP contribution < -0.4 is 0 Å². The molecule has 0 spiro atoms. The molecule has 0 aliphatic carbocycles. The SMILES string of the molecule is CCc1nnc(C)cc1C(=O)N1CCCC1CO. The molecule has 2 heterocycles. The highest BCUT2D eigenvalue weighted by Gasteiger charge is 2.30. The lowest BCUT2D eigenvalue weighted by atomic mass is 10.1. The predicted octanol–water partition coefficient (Wildman–Crippen LogP) is 0.944. The minimum atomic E-state index is -0.0457. The number of amides is 1. The van der Waals surface area contributed by atoms with E-state index >= 15 is 0 Å². The van der Waals surface area contributed by atoms with E-state index in [4.69, 9.17) is 0 Å². The van der Waals surface area contributed by atoms with Gasteiger partial charge in [0.2, 0.25) is 0 Å². The van der Waals surface area contributed by atoms with Gasteiger partial charge in [0.1, 0.15) is 0 Å². The van der Waals surface area contributed by atoms with Crippen molar-refractivity contribution >= 4 is 5.91 Å². The van der Waals surface area contributed by atoms with Crippen molar-refractivity contribution < 1.29 is 9.90 Å². The Labute approximate surface area is 107 Å². The number of aliphatic hydroxyl groups excluding tert-OH is 1. The second-order valence-electron chi connectivity index (χ2n) is 4.68. The first kappa shape index (κ1) is 13.0. The van der Waals surface area contributed by atoms with Crippen LogP contribution in [0.25, 0.3) is 0 Å².